The van der Waals surface area contributed by atoms with Gasteiger partial charge in [0.05, 0.1) is 0 Å². The summed E-state index contributed by atoms with van der Waals surface area (Å²) in [6.45, 7) is 2.19. The van der Waals surface area contributed by atoms with Crippen molar-refractivity contribution in [2.45, 2.75) is 37.5 Å². The molecule has 1 aromatic heterocycles. The van der Waals surface area contributed by atoms with Crippen molar-refractivity contribution in [3.8, 4) is 0 Å². The second-order valence-electron chi connectivity index (χ2n) is 4.18. The molecule has 2 atom stereocenters. The maximum absolute atomic E-state index is 5.86. The van der Waals surface area contributed by atoms with Crippen molar-refractivity contribution in [2.24, 2.45) is 0 Å². The fraction of sp³-hybridized carbons (Fsp3) is 0.727. The molecule has 100 valence electrons. The summed E-state index contributed by atoms with van der Waals surface area (Å²) >= 11 is 7.86. The van der Waals surface area contributed by atoms with Gasteiger partial charge in [-0.05, 0) is 30.2 Å². The third-order valence-electron chi connectivity index (χ3n) is 2.98. The van der Waals surface area contributed by atoms with E-state index in [9.17, 15) is 0 Å². The Kier molecular flexibility index (Phi) is 4.88. The Balaban J connectivity index is 2.06. The molecule has 1 saturated carbocycles. The molecule has 1 fully saturated rings. The molecule has 1 aromatic rings. The smallest absolute Gasteiger partial charge is 0.229 e. The van der Waals surface area contributed by atoms with Crippen LogP contribution in [0.15, 0.2) is 0 Å². The third-order valence-corrected chi connectivity index (χ3v) is 4.47. The van der Waals surface area contributed by atoms with Crippen molar-refractivity contribution in [2.75, 3.05) is 23.4 Å². The largest absolute Gasteiger partial charge is 0.357 e. The molecule has 2 unspecified atom stereocenters. The minimum atomic E-state index is 0.217. The van der Waals surface area contributed by atoms with Gasteiger partial charge in [-0.15, -0.1) is 0 Å². The van der Waals surface area contributed by atoms with Crippen molar-refractivity contribution in [3.05, 3.63) is 5.28 Å². The summed E-state index contributed by atoms with van der Waals surface area (Å²) in [5, 5.41) is 7.12. The third kappa shape index (κ3) is 3.38. The minimum Gasteiger partial charge on any atom is -0.357 e. The van der Waals surface area contributed by atoms with Crippen molar-refractivity contribution in [1.82, 2.24) is 15.0 Å². The van der Waals surface area contributed by atoms with E-state index in [0.29, 0.717) is 23.2 Å². The maximum Gasteiger partial charge on any atom is 0.229 e. The van der Waals surface area contributed by atoms with Crippen LogP contribution in [0.25, 0.3) is 0 Å². The number of hydrogen-bond acceptors (Lipinski definition) is 6. The lowest BCUT2D eigenvalue weighted by Crippen LogP contribution is -2.27. The highest BCUT2D eigenvalue weighted by atomic mass is 35.5. The Bertz CT molecular complexity index is 403. The summed E-state index contributed by atoms with van der Waals surface area (Å²) in [6, 6.07) is 0.429. The SMILES string of the molecule is CCSC1CCCC1Nc1nc(Cl)nc(NC)n1. The van der Waals surface area contributed by atoms with Gasteiger partial charge >= 0.3 is 0 Å². The summed E-state index contributed by atoms with van der Waals surface area (Å²) in [4.78, 5) is 12.4. The van der Waals surface area contributed by atoms with Crippen LogP contribution in [-0.2, 0) is 0 Å². The first-order valence-electron chi connectivity index (χ1n) is 6.20. The van der Waals surface area contributed by atoms with Gasteiger partial charge in [0, 0.05) is 18.3 Å². The van der Waals surface area contributed by atoms with Crippen LogP contribution >= 0.6 is 23.4 Å². The highest BCUT2D eigenvalue weighted by Crippen LogP contribution is 2.31. The van der Waals surface area contributed by atoms with Gasteiger partial charge in [0.25, 0.3) is 0 Å². The molecule has 0 spiro atoms. The predicted molar refractivity (Wildman–Crippen MR) is 77.6 cm³/mol. The van der Waals surface area contributed by atoms with Gasteiger partial charge in [-0.2, -0.15) is 26.7 Å². The zero-order valence-corrected chi connectivity index (χ0v) is 12.2. The summed E-state index contributed by atoms with van der Waals surface area (Å²) in [6.07, 6.45) is 3.68. The van der Waals surface area contributed by atoms with E-state index in [1.807, 2.05) is 11.8 Å². The van der Waals surface area contributed by atoms with E-state index in [1.165, 1.54) is 12.8 Å². The summed E-state index contributed by atoms with van der Waals surface area (Å²) < 4.78 is 0. The van der Waals surface area contributed by atoms with Crippen molar-refractivity contribution in [1.29, 1.82) is 0 Å². The molecule has 1 aliphatic rings. The molecule has 7 heteroatoms. The van der Waals surface area contributed by atoms with Gasteiger partial charge in [0.2, 0.25) is 17.2 Å². The van der Waals surface area contributed by atoms with Crippen molar-refractivity contribution < 1.29 is 0 Å². The molecule has 0 amide bonds. The topological polar surface area (TPSA) is 62.7 Å². The fourth-order valence-electron chi connectivity index (χ4n) is 2.20. The van der Waals surface area contributed by atoms with Crippen LogP contribution in [-0.4, -0.2) is 39.0 Å². The Morgan fingerprint density at radius 2 is 2.06 bits per heavy atom. The summed E-state index contributed by atoms with van der Waals surface area (Å²) in [5.74, 6) is 2.20. The molecular formula is C11H18ClN5S. The standard InChI is InChI=1S/C11H18ClN5S/c1-3-18-8-6-4-5-7(8)14-11-16-9(12)15-10(13-2)17-11/h7-8H,3-6H2,1-2H3,(H2,13,14,15,16,17). The van der Waals surface area contributed by atoms with Crippen LogP contribution in [0, 0.1) is 0 Å². The Morgan fingerprint density at radius 1 is 1.28 bits per heavy atom. The van der Waals surface area contributed by atoms with Gasteiger partial charge in [-0.1, -0.05) is 13.3 Å². The van der Waals surface area contributed by atoms with Crippen LogP contribution < -0.4 is 10.6 Å². The molecule has 2 N–H and O–H groups in total. The maximum atomic E-state index is 5.86. The van der Waals surface area contributed by atoms with Crippen LogP contribution in [0.2, 0.25) is 5.28 Å². The zero-order chi connectivity index (χ0) is 13.0. The molecule has 0 bridgehead atoms. The van der Waals surface area contributed by atoms with Gasteiger partial charge in [0.15, 0.2) is 0 Å². The number of thioether (sulfide) groups is 1. The van der Waals surface area contributed by atoms with Crippen molar-refractivity contribution in [3.63, 3.8) is 0 Å². The molecule has 1 aliphatic carbocycles. The van der Waals surface area contributed by atoms with Crippen LogP contribution in [0.3, 0.4) is 0 Å². The Hall–Kier alpha value is -0.750. The number of rotatable bonds is 5. The lowest BCUT2D eigenvalue weighted by molar-refractivity contribution is 0.754. The Labute approximate surface area is 117 Å². The van der Waals surface area contributed by atoms with E-state index in [1.54, 1.807) is 7.05 Å². The highest BCUT2D eigenvalue weighted by molar-refractivity contribution is 7.99. The van der Waals surface area contributed by atoms with Crippen molar-refractivity contribution >= 4 is 35.3 Å². The predicted octanol–water partition coefficient (Wildman–Crippen LogP) is 2.65. The quantitative estimate of drug-likeness (QED) is 0.868. The fourth-order valence-corrected chi connectivity index (χ4v) is 3.55. The van der Waals surface area contributed by atoms with Gasteiger partial charge in [0.1, 0.15) is 0 Å². The number of hydrogen-bond donors (Lipinski definition) is 2. The minimum absolute atomic E-state index is 0.217. The van der Waals surface area contributed by atoms with Crippen LogP contribution in [0.4, 0.5) is 11.9 Å². The highest BCUT2D eigenvalue weighted by Gasteiger charge is 2.27. The molecule has 0 radical (unpaired) electrons. The molecule has 0 aliphatic heterocycles. The van der Waals surface area contributed by atoms with E-state index < -0.39 is 0 Å². The van der Waals surface area contributed by atoms with E-state index in [4.69, 9.17) is 11.6 Å². The first-order valence-corrected chi connectivity index (χ1v) is 7.63. The second kappa shape index (κ2) is 6.43. The van der Waals surface area contributed by atoms with E-state index in [0.717, 1.165) is 12.2 Å². The van der Waals surface area contributed by atoms with E-state index in [-0.39, 0.29) is 5.28 Å². The monoisotopic (exact) mass is 287 g/mol. The molecular weight excluding hydrogens is 270 g/mol. The van der Waals surface area contributed by atoms with Gasteiger partial charge < -0.3 is 10.6 Å². The molecule has 0 aromatic carbocycles. The lowest BCUT2D eigenvalue weighted by atomic mass is 10.2. The lowest BCUT2D eigenvalue weighted by Gasteiger charge is -2.20. The Morgan fingerprint density at radius 3 is 2.78 bits per heavy atom. The number of nitrogens with one attached hydrogen (secondary N) is 2. The second-order valence-corrected chi connectivity index (χ2v) is 6.03. The number of nitrogens with zero attached hydrogens (tertiary/aromatic N) is 3. The first-order chi connectivity index (χ1) is 8.72. The molecule has 1 heterocycles. The van der Waals surface area contributed by atoms with E-state index in [2.05, 4.69) is 32.5 Å². The molecule has 18 heavy (non-hydrogen) atoms. The molecule has 2 rings (SSSR count). The average molecular weight is 288 g/mol. The number of halogens is 1. The van der Waals surface area contributed by atoms with Gasteiger partial charge in [-0.25, -0.2) is 0 Å². The first kappa shape index (κ1) is 13.7. The summed E-state index contributed by atoms with van der Waals surface area (Å²) in [7, 11) is 1.76. The molecule has 5 nitrogen and oxygen atoms in total. The van der Waals surface area contributed by atoms with Crippen LogP contribution in [0.1, 0.15) is 26.2 Å². The molecule has 0 saturated heterocycles. The number of aromatic nitrogens is 3. The number of anilines is 2. The van der Waals surface area contributed by atoms with E-state index >= 15 is 0 Å². The average Bonchev–Trinajstić information content (AvgIpc) is 2.76. The summed E-state index contributed by atoms with van der Waals surface area (Å²) in [5.41, 5.74) is 0. The van der Waals surface area contributed by atoms with Crippen LogP contribution in [0.5, 0.6) is 0 Å². The van der Waals surface area contributed by atoms with Gasteiger partial charge in [-0.3, -0.25) is 0 Å². The normalized spacial score (nSPS) is 23.1. The zero-order valence-electron chi connectivity index (χ0n) is 10.6.